The summed E-state index contributed by atoms with van der Waals surface area (Å²) in [6.45, 7) is 1.90. The molecule has 2 aliphatic rings. The average Bonchev–Trinajstić information content (AvgIpc) is 2.81. The van der Waals surface area contributed by atoms with Gasteiger partial charge in [0.2, 0.25) is 15.9 Å². The van der Waals surface area contributed by atoms with Gasteiger partial charge >= 0.3 is 0 Å². The monoisotopic (exact) mass is 443 g/mol. The van der Waals surface area contributed by atoms with Crippen LogP contribution in [0.1, 0.15) is 38.5 Å². The van der Waals surface area contributed by atoms with E-state index in [9.17, 15) is 13.2 Å². The third-order valence-electron chi connectivity index (χ3n) is 6.09. The van der Waals surface area contributed by atoms with Gasteiger partial charge in [-0.2, -0.15) is 4.31 Å². The van der Waals surface area contributed by atoms with Gasteiger partial charge in [0.1, 0.15) is 5.82 Å². The van der Waals surface area contributed by atoms with Gasteiger partial charge in [0.05, 0.1) is 11.1 Å². The molecule has 166 valence electrons. The van der Waals surface area contributed by atoms with Crippen molar-refractivity contribution in [3.63, 3.8) is 0 Å². The van der Waals surface area contributed by atoms with Crippen molar-refractivity contribution in [1.82, 2.24) is 14.3 Å². The van der Waals surface area contributed by atoms with E-state index >= 15 is 0 Å². The predicted octanol–water partition coefficient (Wildman–Crippen LogP) is 2.90. The SMILES string of the molecule is O=C(CC1CCCCC1)Nc1ccc(S(=O)(=O)N2CCN(c3cnccn3)CC2)cc1. The molecule has 9 heteroatoms. The maximum absolute atomic E-state index is 13.0. The number of anilines is 2. The highest BCUT2D eigenvalue weighted by Crippen LogP contribution is 2.27. The summed E-state index contributed by atoms with van der Waals surface area (Å²) < 4.78 is 27.5. The number of amides is 1. The van der Waals surface area contributed by atoms with E-state index in [4.69, 9.17) is 0 Å². The number of rotatable bonds is 6. The van der Waals surface area contributed by atoms with Gasteiger partial charge in [0.25, 0.3) is 0 Å². The van der Waals surface area contributed by atoms with E-state index in [1.807, 2.05) is 4.90 Å². The molecule has 0 atom stereocenters. The molecule has 0 bridgehead atoms. The maximum atomic E-state index is 13.0. The molecule has 1 aromatic heterocycles. The summed E-state index contributed by atoms with van der Waals surface area (Å²) in [6.07, 6.45) is 11.4. The molecule has 31 heavy (non-hydrogen) atoms. The topological polar surface area (TPSA) is 95.5 Å². The van der Waals surface area contributed by atoms with Crippen LogP contribution in [0.5, 0.6) is 0 Å². The van der Waals surface area contributed by atoms with E-state index in [1.54, 1.807) is 42.9 Å². The van der Waals surface area contributed by atoms with Gasteiger partial charge in [-0.3, -0.25) is 9.78 Å². The molecule has 0 unspecified atom stereocenters. The van der Waals surface area contributed by atoms with Gasteiger partial charge in [-0.25, -0.2) is 13.4 Å². The minimum absolute atomic E-state index is 0.00244. The van der Waals surface area contributed by atoms with E-state index in [0.717, 1.165) is 18.7 Å². The van der Waals surface area contributed by atoms with Crippen molar-refractivity contribution in [1.29, 1.82) is 0 Å². The van der Waals surface area contributed by atoms with E-state index in [0.29, 0.717) is 44.2 Å². The number of aromatic nitrogens is 2. The Morgan fingerprint density at radius 3 is 2.35 bits per heavy atom. The first-order valence-electron chi connectivity index (χ1n) is 10.9. The van der Waals surface area contributed by atoms with Crippen LogP contribution in [-0.2, 0) is 14.8 Å². The first-order valence-corrected chi connectivity index (χ1v) is 12.4. The largest absolute Gasteiger partial charge is 0.353 e. The minimum Gasteiger partial charge on any atom is -0.353 e. The van der Waals surface area contributed by atoms with Crippen LogP contribution in [0, 0.1) is 5.92 Å². The first kappa shape index (κ1) is 21.7. The lowest BCUT2D eigenvalue weighted by Crippen LogP contribution is -2.48. The normalized spacial score (nSPS) is 18.6. The Bertz CT molecular complexity index is 968. The molecule has 1 saturated heterocycles. The Hall–Kier alpha value is -2.52. The zero-order valence-electron chi connectivity index (χ0n) is 17.6. The molecule has 1 saturated carbocycles. The van der Waals surface area contributed by atoms with Gasteiger partial charge in [-0.05, 0) is 43.0 Å². The van der Waals surface area contributed by atoms with Gasteiger partial charge < -0.3 is 10.2 Å². The second kappa shape index (κ2) is 9.74. The molecule has 4 rings (SSSR count). The van der Waals surface area contributed by atoms with E-state index in [2.05, 4.69) is 15.3 Å². The van der Waals surface area contributed by atoms with Crippen molar-refractivity contribution in [3.05, 3.63) is 42.9 Å². The molecule has 1 amide bonds. The fourth-order valence-electron chi connectivity index (χ4n) is 4.34. The third kappa shape index (κ3) is 5.40. The van der Waals surface area contributed by atoms with Crippen LogP contribution in [0.2, 0.25) is 0 Å². The van der Waals surface area contributed by atoms with Gasteiger partial charge in [-0.15, -0.1) is 0 Å². The van der Waals surface area contributed by atoms with Crippen molar-refractivity contribution < 1.29 is 13.2 Å². The van der Waals surface area contributed by atoms with Gasteiger partial charge in [0.15, 0.2) is 0 Å². The summed E-state index contributed by atoms with van der Waals surface area (Å²) in [5.41, 5.74) is 0.632. The minimum atomic E-state index is -3.58. The standard InChI is InChI=1S/C22H29N5O3S/c28-22(16-18-4-2-1-3-5-18)25-19-6-8-20(9-7-19)31(29,30)27-14-12-26(13-15-27)21-17-23-10-11-24-21/h6-11,17-18H,1-5,12-16H2,(H,25,28). The Balaban J connectivity index is 1.33. The molecule has 1 aromatic carbocycles. The van der Waals surface area contributed by atoms with Crippen LogP contribution >= 0.6 is 0 Å². The Morgan fingerprint density at radius 1 is 1.00 bits per heavy atom. The summed E-state index contributed by atoms with van der Waals surface area (Å²) in [7, 11) is -3.58. The number of benzene rings is 1. The number of nitrogens with zero attached hydrogens (tertiary/aromatic N) is 4. The number of carbonyl (C=O) groups is 1. The quantitative estimate of drug-likeness (QED) is 0.738. The molecule has 0 spiro atoms. The second-order valence-corrected chi connectivity index (χ2v) is 10.2. The molecule has 1 aliphatic carbocycles. The molecule has 8 nitrogen and oxygen atoms in total. The van der Waals surface area contributed by atoms with E-state index < -0.39 is 10.0 Å². The van der Waals surface area contributed by atoms with Crippen LogP contribution in [0.4, 0.5) is 11.5 Å². The summed E-state index contributed by atoms with van der Waals surface area (Å²) >= 11 is 0. The number of hydrogen-bond donors (Lipinski definition) is 1. The zero-order valence-corrected chi connectivity index (χ0v) is 18.4. The number of carbonyl (C=O) groups excluding carboxylic acids is 1. The van der Waals surface area contributed by atoms with Crippen molar-refractivity contribution in [3.8, 4) is 0 Å². The average molecular weight is 444 g/mol. The molecule has 0 radical (unpaired) electrons. The molecule has 2 fully saturated rings. The maximum Gasteiger partial charge on any atom is 0.243 e. The summed E-state index contributed by atoms with van der Waals surface area (Å²) in [5.74, 6) is 1.23. The molecular weight excluding hydrogens is 414 g/mol. The Morgan fingerprint density at radius 2 is 1.71 bits per heavy atom. The van der Waals surface area contributed by atoms with Gasteiger partial charge in [0, 0.05) is 50.7 Å². The smallest absolute Gasteiger partial charge is 0.243 e. The zero-order chi connectivity index (χ0) is 21.7. The number of hydrogen-bond acceptors (Lipinski definition) is 6. The third-order valence-corrected chi connectivity index (χ3v) is 8.00. The van der Waals surface area contributed by atoms with E-state index in [1.165, 1.54) is 23.6 Å². The number of piperazine rings is 1. The summed E-state index contributed by atoms with van der Waals surface area (Å²) in [6, 6.07) is 6.48. The fraction of sp³-hybridized carbons (Fsp3) is 0.500. The number of sulfonamides is 1. The van der Waals surface area contributed by atoms with Gasteiger partial charge in [-0.1, -0.05) is 19.3 Å². The molecule has 1 N–H and O–H groups in total. The van der Waals surface area contributed by atoms with Crippen molar-refractivity contribution >= 4 is 27.4 Å². The van der Waals surface area contributed by atoms with Crippen LogP contribution in [0.25, 0.3) is 0 Å². The Kier molecular flexibility index (Phi) is 6.82. The molecule has 1 aliphatic heterocycles. The van der Waals surface area contributed by atoms with Crippen LogP contribution in [0.15, 0.2) is 47.8 Å². The lowest BCUT2D eigenvalue weighted by atomic mass is 9.87. The molecule has 2 heterocycles. The molecular formula is C22H29N5O3S. The highest BCUT2D eigenvalue weighted by molar-refractivity contribution is 7.89. The summed E-state index contributed by atoms with van der Waals surface area (Å²) in [5, 5.41) is 2.90. The summed E-state index contributed by atoms with van der Waals surface area (Å²) in [4.78, 5) is 22.9. The Labute approximate surface area is 183 Å². The first-order chi connectivity index (χ1) is 15.0. The highest BCUT2D eigenvalue weighted by atomic mass is 32.2. The highest BCUT2D eigenvalue weighted by Gasteiger charge is 2.29. The second-order valence-electron chi connectivity index (χ2n) is 8.24. The van der Waals surface area contributed by atoms with Crippen molar-refractivity contribution in [2.24, 2.45) is 5.92 Å². The van der Waals surface area contributed by atoms with Crippen LogP contribution in [-0.4, -0.2) is 54.8 Å². The van der Waals surface area contributed by atoms with Crippen molar-refractivity contribution in [2.75, 3.05) is 36.4 Å². The van der Waals surface area contributed by atoms with Crippen molar-refractivity contribution in [2.45, 2.75) is 43.4 Å². The van der Waals surface area contributed by atoms with Crippen LogP contribution in [0.3, 0.4) is 0 Å². The lowest BCUT2D eigenvalue weighted by molar-refractivity contribution is -0.117. The van der Waals surface area contributed by atoms with E-state index in [-0.39, 0.29) is 10.8 Å². The lowest BCUT2D eigenvalue weighted by Gasteiger charge is -2.34. The molecule has 2 aromatic rings. The number of nitrogens with one attached hydrogen (secondary N) is 1. The predicted molar refractivity (Wildman–Crippen MR) is 119 cm³/mol. The fourth-order valence-corrected chi connectivity index (χ4v) is 5.76. The van der Waals surface area contributed by atoms with Crippen LogP contribution < -0.4 is 10.2 Å².